The van der Waals surface area contributed by atoms with Gasteiger partial charge in [0.1, 0.15) is 5.82 Å². The Morgan fingerprint density at radius 1 is 1.14 bits per heavy atom. The molecule has 2 aromatic heterocycles. The molecule has 0 spiro atoms. The highest BCUT2D eigenvalue weighted by Crippen LogP contribution is 2.23. The molecular formula is C21H25N7O. The van der Waals surface area contributed by atoms with E-state index >= 15 is 0 Å². The lowest BCUT2D eigenvalue weighted by molar-refractivity contribution is -0.120. The van der Waals surface area contributed by atoms with Gasteiger partial charge in [-0.3, -0.25) is 15.1 Å². The van der Waals surface area contributed by atoms with Crippen molar-refractivity contribution in [2.45, 2.75) is 32.7 Å². The van der Waals surface area contributed by atoms with Crippen LogP contribution in [0.4, 0.5) is 11.8 Å². The van der Waals surface area contributed by atoms with E-state index in [2.05, 4.69) is 49.7 Å². The number of hydrogen-bond donors (Lipinski definition) is 3. The smallest absolute Gasteiger partial charge is 0.229 e. The Morgan fingerprint density at radius 3 is 2.76 bits per heavy atom. The van der Waals surface area contributed by atoms with Crippen molar-refractivity contribution < 1.29 is 4.79 Å². The molecule has 8 heteroatoms. The first-order valence-corrected chi connectivity index (χ1v) is 9.96. The predicted molar refractivity (Wildman–Crippen MR) is 114 cm³/mol. The lowest BCUT2D eigenvalue weighted by Gasteiger charge is -2.21. The fourth-order valence-corrected chi connectivity index (χ4v) is 3.41. The molecule has 1 aliphatic heterocycles. The molecule has 29 heavy (non-hydrogen) atoms. The van der Waals surface area contributed by atoms with Gasteiger partial charge in [0.25, 0.3) is 0 Å². The minimum absolute atomic E-state index is 0.00773. The van der Waals surface area contributed by atoms with E-state index in [1.807, 2.05) is 18.2 Å². The fraction of sp³-hybridized carbons (Fsp3) is 0.381. The highest BCUT2D eigenvalue weighted by molar-refractivity contribution is 5.92. The molecule has 0 atom stereocenters. The SMILES string of the molecule is CC(C)Nc1cncc(-c2ccc3cnc(NC(=O)C4CCNCC4)nc3c2)n1. The Morgan fingerprint density at radius 2 is 1.97 bits per heavy atom. The van der Waals surface area contributed by atoms with Gasteiger partial charge in [0.05, 0.1) is 23.6 Å². The van der Waals surface area contributed by atoms with Crippen molar-refractivity contribution in [2.24, 2.45) is 5.92 Å². The van der Waals surface area contributed by atoms with Crippen molar-refractivity contribution in [1.29, 1.82) is 0 Å². The van der Waals surface area contributed by atoms with E-state index in [0.29, 0.717) is 5.95 Å². The van der Waals surface area contributed by atoms with Crippen molar-refractivity contribution in [2.75, 3.05) is 23.7 Å². The van der Waals surface area contributed by atoms with Gasteiger partial charge in [0, 0.05) is 29.1 Å². The predicted octanol–water partition coefficient (Wildman–Crippen LogP) is 2.85. The number of nitrogens with one attached hydrogen (secondary N) is 3. The number of piperidine rings is 1. The Labute approximate surface area is 169 Å². The number of benzene rings is 1. The molecule has 3 aromatic rings. The summed E-state index contributed by atoms with van der Waals surface area (Å²) in [6, 6.07) is 6.14. The molecule has 0 radical (unpaired) electrons. The summed E-state index contributed by atoms with van der Waals surface area (Å²) in [5.41, 5.74) is 2.42. The largest absolute Gasteiger partial charge is 0.367 e. The summed E-state index contributed by atoms with van der Waals surface area (Å²) >= 11 is 0. The van der Waals surface area contributed by atoms with Crippen LogP contribution in [0.5, 0.6) is 0 Å². The molecule has 150 valence electrons. The molecule has 1 fully saturated rings. The third kappa shape index (κ3) is 4.65. The fourth-order valence-electron chi connectivity index (χ4n) is 3.41. The molecule has 1 amide bonds. The first kappa shape index (κ1) is 19.2. The Bertz CT molecular complexity index is 1010. The molecule has 3 heterocycles. The van der Waals surface area contributed by atoms with E-state index in [4.69, 9.17) is 0 Å². The quantitative estimate of drug-likeness (QED) is 0.614. The van der Waals surface area contributed by atoms with Gasteiger partial charge in [-0.05, 0) is 45.8 Å². The van der Waals surface area contributed by atoms with Crippen LogP contribution < -0.4 is 16.0 Å². The van der Waals surface area contributed by atoms with Crippen LogP contribution in [0, 0.1) is 5.92 Å². The standard InChI is InChI=1S/C21H25N7O/c1-13(2)25-19-12-23-11-18(26-19)15-3-4-16-10-24-21(27-17(16)9-15)28-20(29)14-5-7-22-8-6-14/h3-4,9-14,22H,5-8H2,1-2H3,(H,25,26)(H,24,27,28,29). The minimum atomic E-state index is -0.0136. The van der Waals surface area contributed by atoms with Gasteiger partial charge in [0.15, 0.2) is 0 Å². The second kappa shape index (κ2) is 8.48. The highest BCUT2D eigenvalue weighted by Gasteiger charge is 2.21. The summed E-state index contributed by atoms with van der Waals surface area (Å²) in [6.07, 6.45) is 6.84. The minimum Gasteiger partial charge on any atom is -0.367 e. The van der Waals surface area contributed by atoms with Crippen molar-refractivity contribution in [1.82, 2.24) is 25.3 Å². The van der Waals surface area contributed by atoms with Crippen molar-refractivity contribution in [3.63, 3.8) is 0 Å². The molecule has 0 aliphatic carbocycles. The number of hydrogen-bond acceptors (Lipinski definition) is 7. The average Bonchev–Trinajstić information content (AvgIpc) is 2.73. The van der Waals surface area contributed by atoms with Crippen LogP contribution in [0.3, 0.4) is 0 Å². The van der Waals surface area contributed by atoms with Crippen LogP contribution in [-0.2, 0) is 4.79 Å². The van der Waals surface area contributed by atoms with Crippen molar-refractivity contribution in [3.05, 3.63) is 36.8 Å². The maximum absolute atomic E-state index is 12.5. The van der Waals surface area contributed by atoms with E-state index in [1.54, 1.807) is 18.6 Å². The lowest BCUT2D eigenvalue weighted by atomic mass is 9.97. The van der Waals surface area contributed by atoms with Crippen LogP contribution in [-0.4, -0.2) is 45.0 Å². The summed E-state index contributed by atoms with van der Waals surface area (Å²) in [4.78, 5) is 30.2. The normalized spacial score (nSPS) is 14.9. The molecule has 1 aromatic carbocycles. The number of anilines is 2. The molecule has 3 N–H and O–H groups in total. The van der Waals surface area contributed by atoms with Crippen LogP contribution in [0.15, 0.2) is 36.8 Å². The highest BCUT2D eigenvalue weighted by atomic mass is 16.2. The number of aromatic nitrogens is 4. The zero-order valence-electron chi connectivity index (χ0n) is 16.6. The van der Waals surface area contributed by atoms with E-state index < -0.39 is 0 Å². The van der Waals surface area contributed by atoms with E-state index in [-0.39, 0.29) is 17.9 Å². The summed E-state index contributed by atoms with van der Waals surface area (Å²) in [5, 5.41) is 10.3. The number of rotatable bonds is 5. The second-order valence-electron chi connectivity index (χ2n) is 7.57. The van der Waals surface area contributed by atoms with Crippen LogP contribution in [0.1, 0.15) is 26.7 Å². The molecule has 1 aliphatic rings. The Balaban J connectivity index is 1.57. The molecule has 0 saturated carbocycles. The topological polar surface area (TPSA) is 105 Å². The summed E-state index contributed by atoms with van der Waals surface area (Å²) in [7, 11) is 0. The second-order valence-corrected chi connectivity index (χ2v) is 7.57. The first-order valence-electron chi connectivity index (χ1n) is 9.96. The lowest BCUT2D eigenvalue weighted by Crippen LogP contribution is -2.34. The molecule has 0 bridgehead atoms. The third-order valence-electron chi connectivity index (χ3n) is 4.89. The van der Waals surface area contributed by atoms with Crippen molar-refractivity contribution in [3.8, 4) is 11.3 Å². The Kier molecular flexibility index (Phi) is 5.62. The van der Waals surface area contributed by atoms with E-state index in [0.717, 1.165) is 53.9 Å². The number of amides is 1. The Hall–Kier alpha value is -3.13. The van der Waals surface area contributed by atoms with Gasteiger partial charge >= 0.3 is 0 Å². The van der Waals surface area contributed by atoms with Crippen molar-refractivity contribution >= 4 is 28.6 Å². The van der Waals surface area contributed by atoms with Gasteiger partial charge in [0.2, 0.25) is 11.9 Å². The van der Waals surface area contributed by atoms with Crippen LogP contribution >= 0.6 is 0 Å². The number of carbonyl (C=O) groups is 1. The molecule has 8 nitrogen and oxygen atoms in total. The van der Waals surface area contributed by atoms with Gasteiger partial charge in [-0.1, -0.05) is 12.1 Å². The monoisotopic (exact) mass is 391 g/mol. The maximum atomic E-state index is 12.5. The van der Waals surface area contributed by atoms with Gasteiger partial charge in [-0.15, -0.1) is 0 Å². The van der Waals surface area contributed by atoms with Gasteiger partial charge in [-0.25, -0.2) is 15.0 Å². The maximum Gasteiger partial charge on any atom is 0.229 e. The third-order valence-corrected chi connectivity index (χ3v) is 4.89. The molecular weight excluding hydrogens is 366 g/mol. The number of carbonyl (C=O) groups excluding carboxylic acids is 1. The zero-order chi connectivity index (χ0) is 20.2. The number of fused-ring (bicyclic) bond motifs is 1. The van der Waals surface area contributed by atoms with Crippen LogP contribution in [0.2, 0.25) is 0 Å². The van der Waals surface area contributed by atoms with Crippen LogP contribution in [0.25, 0.3) is 22.2 Å². The van der Waals surface area contributed by atoms with Gasteiger partial charge in [-0.2, -0.15) is 0 Å². The zero-order valence-corrected chi connectivity index (χ0v) is 16.6. The number of nitrogens with zero attached hydrogens (tertiary/aromatic N) is 4. The summed E-state index contributed by atoms with van der Waals surface area (Å²) in [6.45, 7) is 5.85. The summed E-state index contributed by atoms with van der Waals surface area (Å²) in [5.74, 6) is 1.06. The molecule has 1 saturated heterocycles. The average molecular weight is 391 g/mol. The summed E-state index contributed by atoms with van der Waals surface area (Å²) < 4.78 is 0. The van der Waals surface area contributed by atoms with E-state index in [1.165, 1.54) is 0 Å². The molecule has 4 rings (SSSR count). The van der Waals surface area contributed by atoms with Gasteiger partial charge < -0.3 is 10.6 Å². The van der Waals surface area contributed by atoms with E-state index in [9.17, 15) is 4.79 Å². The molecule has 0 unspecified atom stereocenters. The first-order chi connectivity index (χ1) is 14.1.